The first kappa shape index (κ1) is 14.0. The Morgan fingerprint density at radius 1 is 1.20 bits per heavy atom. The molecule has 1 saturated heterocycles. The number of nitrogens with zero attached hydrogens (tertiary/aromatic N) is 2. The van der Waals surface area contributed by atoms with E-state index in [1.54, 1.807) is 0 Å². The highest BCUT2D eigenvalue weighted by Crippen LogP contribution is 2.31. The molecule has 5 nitrogen and oxygen atoms in total. The Hall–Kier alpha value is -0.940. The average Bonchev–Trinajstić information content (AvgIpc) is 3.17. The van der Waals surface area contributed by atoms with Crippen LogP contribution in [-0.4, -0.2) is 28.9 Å². The van der Waals surface area contributed by atoms with E-state index >= 15 is 0 Å². The van der Waals surface area contributed by atoms with Crippen LogP contribution in [0.1, 0.15) is 69.5 Å². The van der Waals surface area contributed by atoms with E-state index in [0.717, 1.165) is 24.7 Å². The summed E-state index contributed by atoms with van der Waals surface area (Å²) >= 11 is 0. The van der Waals surface area contributed by atoms with Crippen molar-refractivity contribution in [1.29, 1.82) is 0 Å². The molecule has 1 aromatic rings. The lowest BCUT2D eigenvalue weighted by atomic mass is 9.89. The molecule has 1 aliphatic heterocycles. The van der Waals surface area contributed by atoms with Crippen LogP contribution in [0.15, 0.2) is 4.52 Å². The van der Waals surface area contributed by atoms with Crippen LogP contribution in [0.4, 0.5) is 0 Å². The van der Waals surface area contributed by atoms with E-state index in [9.17, 15) is 0 Å². The summed E-state index contributed by atoms with van der Waals surface area (Å²) < 4.78 is 11.1. The minimum Gasteiger partial charge on any atom is -0.377 e. The fourth-order valence-electron chi connectivity index (χ4n) is 3.24. The minimum absolute atomic E-state index is 0.333. The summed E-state index contributed by atoms with van der Waals surface area (Å²) in [7, 11) is 0. The average molecular weight is 279 g/mol. The van der Waals surface area contributed by atoms with Gasteiger partial charge < -0.3 is 14.6 Å². The zero-order chi connectivity index (χ0) is 13.8. The maximum atomic E-state index is 5.68. The molecule has 2 atom stereocenters. The molecular weight excluding hydrogens is 254 g/mol. The quantitative estimate of drug-likeness (QED) is 0.898. The summed E-state index contributed by atoms with van der Waals surface area (Å²) in [5.74, 6) is 2.10. The molecule has 0 spiro atoms. The van der Waals surface area contributed by atoms with Gasteiger partial charge in [0.05, 0.1) is 12.6 Å². The maximum Gasteiger partial charge on any atom is 0.229 e. The summed E-state index contributed by atoms with van der Waals surface area (Å²) in [6.45, 7) is 3.72. The summed E-state index contributed by atoms with van der Waals surface area (Å²) in [6, 6.07) is 0.342. The second kappa shape index (κ2) is 6.68. The molecule has 0 amide bonds. The number of rotatable bonds is 5. The topological polar surface area (TPSA) is 60.2 Å². The summed E-state index contributed by atoms with van der Waals surface area (Å²) in [5.41, 5.74) is 0. The lowest BCUT2D eigenvalue weighted by molar-refractivity contribution is 0.0829. The first-order valence-electron chi connectivity index (χ1n) is 8.00. The van der Waals surface area contributed by atoms with E-state index in [1.165, 1.54) is 38.5 Å². The Kier molecular flexibility index (Phi) is 4.68. The molecular formula is C15H25N3O2. The highest BCUT2D eigenvalue weighted by Gasteiger charge is 2.24. The molecule has 3 rings (SSSR count). The molecule has 5 heteroatoms. The summed E-state index contributed by atoms with van der Waals surface area (Å²) in [5, 5.41) is 7.55. The van der Waals surface area contributed by atoms with Gasteiger partial charge in [0.15, 0.2) is 5.82 Å². The van der Waals surface area contributed by atoms with Crippen molar-refractivity contribution in [2.24, 2.45) is 0 Å². The Morgan fingerprint density at radius 2 is 2.05 bits per heavy atom. The number of ether oxygens (including phenoxy) is 1. The van der Waals surface area contributed by atoms with E-state index in [0.29, 0.717) is 24.6 Å². The predicted molar refractivity (Wildman–Crippen MR) is 75.4 cm³/mol. The van der Waals surface area contributed by atoms with Crippen molar-refractivity contribution in [3.8, 4) is 0 Å². The van der Waals surface area contributed by atoms with E-state index in [-0.39, 0.29) is 0 Å². The summed E-state index contributed by atoms with van der Waals surface area (Å²) in [4.78, 5) is 4.55. The van der Waals surface area contributed by atoms with Gasteiger partial charge in [-0.15, -0.1) is 0 Å². The number of hydrogen-bond acceptors (Lipinski definition) is 5. The van der Waals surface area contributed by atoms with E-state index in [4.69, 9.17) is 9.26 Å². The van der Waals surface area contributed by atoms with Crippen molar-refractivity contribution in [3.63, 3.8) is 0 Å². The first-order valence-corrected chi connectivity index (χ1v) is 8.00. The van der Waals surface area contributed by atoms with Crippen LogP contribution >= 0.6 is 0 Å². The van der Waals surface area contributed by atoms with Crippen molar-refractivity contribution in [1.82, 2.24) is 15.5 Å². The predicted octanol–water partition coefficient (Wildman–Crippen LogP) is 2.77. The molecule has 2 heterocycles. The van der Waals surface area contributed by atoms with Gasteiger partial charge in [-0.05, 0) is 32.6 Å². The van der Waals surface area contributed by atoms with Crippen molar-refractivity contribution in [2.45, 2.75) is 76.5 Å². The van der Waals surface area contributed by atoms with Gasteiger partial charge in [-0.1, -0.05) is 24.4 Å². The van der Waals surface area contributed by atoms with E-state index < -0.39 is 0 Å². The first-order chi connectivity index (χ1) is 9.83. The van der Waals surface area contributed by atoms with E-state index in [2.05, 4.69) is 22.4 Å². The zero-order valence-electron chi connectivity index (χ0n) is 12.3. The molecule has 20 heavy (non-hydrogen) atoms. The number of aromatic nitrogens is 2. The van der Waals surface area contributed by atoms with Crippen LogP contribution in [0, 0.1) is 0 Å². The Balaban J connectivity index is 1.49. The number of hydrogen-bond donors (Lipinski definition) is 1. The second-order valence-corrected chi connectivity index (χ2v) is 6.10. The highest BCUT2D eigenvalue weighted by molar-refractivity contribution is 4.95. The normalized spacial score (nSPS) is 25.9. The molecule has 1 aliphatic carbocycles. The van der Waals surface area contributed by atoms with Gasteiger partial charge in [-0.3, -0.25) is 0 Å². The van der Waals surface area contributed by atoms with Gasteiger partial charge in [0.2, 0.25) is 5.89 Å². The highest BCUT2D eigenvalue weighted by atomic mass is 16.5. The third kappa shape index (κ3) is 3.38. The molecule has 2 aliphatic rings. The van der Waals surface area contributed by atoms with Gasteiger partial charge in [-0.25, -0.2) is 0 Å². The van der Waals surface area contributed by atoms with Gasteiger partial charge >= 0.3 is 0 Å². The van der Waals surface area contributed by atoms with Crippen LogP contribution in [0.2, 0.25) is 0 Å². The molecule has 0 radical (unpaired) electrons. The van der Waals surface area contributed by atoms with Gasteiger partial charge in [0.25, 0.3) is 0 Å². The van der Waals surface area contributed by atoms with Gasteiger partial charge in [0.1, 0.15) is 0 Å². The fourth-order valence-corrected chi connectivity index (χ4v) is 3.24. The van der Waals surface area contributed by atoms with Gasteiger partial charge in [0, 0.05) is 18.6 Å². The lowest BCUT2D eigenvalue weighted by Gasteiger charge is -2.19. The molecule has 1 N–H and O–H groups in total. The fraction of sp³-hybridized carbons (Fsp3) is 0.867. The smallest absolute Gasteiger partial charge is 0.229 e. The number of nitrogens with one attached hydrogen (secondary N) is 1. The van der Waals surface area contributed by atoms with Gasteiger partial charge in [-0.2, -0.15) is 4.98 Å². The molecule has 2 fully saturated rings. The van der Waals surface area contributed by atoms with Crippen molar-refractivity contribution in [2.75, 3.05) is 6.61 Å². The third-order valence-electron chi connectivity index (χ3n) is 4.54. The molecule has 112 valence electrons. The lowest BCUT2D eigenvalue weighted by Crippen LogP contribution is -2.36. The van der Waals surface area contributed by atoms with E-state index in [1.807, 2.05) is 0 Å². The Bertz CT molecular complexity index is 409. The van der Waals surface area contributed by atoms with Crippen LogP contribution in [-0.2, 0) is 11.3 Å². The van der Waals surface area contributed by atoms with Crippen LogP contribution in [0.3, 0.4) is 0 Å². The Morgan fingerprint density at radius 3 is 2.80 bits per heavy atom. The molecule has 2 unspecified atom stereocenters. The standard InChI is InChI=1S/C15H25N3O2/c1-11(13-8-5-9-19-13)16-10-14-17-15(20-18-14)12-6-3-2-4-7-12/h11-13,16H,2-10H2,1H3. The summed E-state index contributed by atoms with van der Waals surface area (Å²) in [6.07, 6.45) is 8.96. The minimum atomic E-state index is 0.333. The van der Waals surface area contributed by atoms with Crippen molar-refractivity contribution >= 4 is 0 Å². The third-order valence-corrected chi connectivity index (χ3v) is 4.54. The molecule has 0 aromatic carbocycles. The van der Waals surface area contributed by atoms with Crippen molar-refractivity contribution < 1.29 is 9.26 Å². The van der Waals surface area contributed by atoms with Crippen LogP contribution in [0.5, 0.6) is 0 Å². The Labute approximate surface area is 120 Å². The van der Waals surface area contributed by atoms with Crippen molar-refractivity contribution in [3.05, 3.63) is 11.7 Å². The molecule has 1 aromatic heterocycles. The monoisotopic (exact) mass is 279 g/mol. The second-order valence-electron chi connectivity index (χ2n) is 6.10. The molecule has 0 bridgehead atoms. The SMILES string of the molecule is CC(NCc1noc(C2CCCCC2)n1)C1CCCO1. The maximum absolute atomic E-state index is 5.68. The molecule has 1 saturated carbocycles. The largest absolute Gasteiger partial charge is 0.377 e. The van der Waals surface area contributed by atoms with Crippen LogP contribution < -0.4 is 5.32 Å². The van der Waals surface area contributed by atoms with Crippen LogP contribution in [0.25, 0.3) is 0 Å². The zero-order valence-corrected chi connectivity index (χ0v) is 12.3.